The number of aromatic nitrogens is 4. The molecule has 120 valence electrons. The van der Waals surface area contributed by atoms with Gasteiger partial charge in [-0.15, -0.1) is 11.3 Å². The van der Waals surface area contributed by atoms with Crippen molar-refractivity contribution in [2.24, 2.45) is 0 Å². The molecule has 0 aliphatic heterocycles. The molecule has 0 radical (unpaired) electrons. The Kier molecular flexibility index (Phi) is 4.11. The van der Waals surface area contributed by atoms with Crippen molar-refractivity contribution in [2.75, 3.05) is 0 Å². The second kappa shape index (κ2) is 5.93. The van der Waals surface area contributed by atoms with Crippen LogP contribution in [0.4, 0.5) is 13.2 Å². The van der Waals surface area contributed by atoms with Crippen LogP contribution in [0, 0.1) is 6.92 Å². The number of hydrogen-bond acceptors (Lipinski definition) is 4. The van der Waals surface area contributed by atoms with Gasteiger partial charge in [-0.1, -0.05) is 11.6 Å². The molecule has 0 aliphatic rings. The fourth-order valence-corrected chi connectivity index (χ4v) is 2.97. The Morgan fingerprint density at radius 2 is 1.91 bits per heavy atom. The fraction of sp³-hybridized carbons (Fsp3) is 0.214. The lowest BCUT2D eigenvalue weighted by Gasteiger charge is -2.05. The molecule has 0 amide bonds. The molecular weight excluding hydrogens is 349 g/mol. The molecule has 23 heavy (non-hydrogen) atoms. The topological polar surface area (TPSA) is 43.6 Å². The van der Waals surface area contributed by atoms with E-state index in [-0.39, 0.29) is 12.4 Å². The maximum absolute atomic E-state index is 13.0. The van der Waals surface area contributed by atoms with Crippen LogP contribution in [-0.2, 0) is 12.7 Å². The third kappa shape index (κ3) is 3.53. The lowest BCUT2D eigenvalue weighted by Crippen LogP contribution is -2.06. The Balaban J connectivity index is 2.03. The molecule has 0 fully saturated rings. The molecule has 0 saturated heterocycles. The average molecular weight is 359 g/mol. The van der Waals surface area contributed by atoms with Crippen molar-refractivity contribution in [3.63, 3.8) is 0 Å². The van der Waals surface area contributed by atoms with Crippen molar-refractivity contribution in [3.8, 4) is 10.7 Å². The maximum atomic E-state index is 13.0. The third-order valence-electron chi connectivity index (χ3n) is 3.01. The molecule has 3 aromatic heterocycles. The maximum Gasteiger partial charge on any atom is 0.434 e. The van der Waals surface area contributed by atoms with Gasteiger partial charge in [-0.05, 0) is 19.1 Å². The SMILES string of the molecule is Cc1ccc(-c2nc(C(F)(F)F)cn2Cc2ncc(Cl)cn2)s1. The molecule has 0 aliphatic carbocycles. The molecule has 0 atom stereocenters. The van der Waals surface area contributed by atoms with E-state index in [0.717, 1.165) is 11.1 Å². The average Bonchev–Trinajstić information content (AvgIpc) is 3.07. The van der Waals surface area contributed by atoms with Crippen molar-refractivity contribution in [1.29, 1.82) is 0 Å². The van der Waals surface area contributed by atoms with Crippen molar-refractivity contribution in [3.05, 3.63) is 52.1 Å². The van der Waals surface area contributed by atoms with Gasteiger partial charge in [-0.3, -0.25) is 0 Å². The van der Waals surface area contributed by atoms with Crippen molar-refractivity contribution < 1.29 is 13.2 Å². The van der Waals surface area contributed by atoms with E-state index in [1.165, 1.54) is 28.3 Å². The summed E-state index contributed by atoms with van der Waals surface area (Å²) >= 11 is 7.10. The number of hydrogen-bond donors (Lipinski definition) is 0. The quantitative estimate of drug-likeness (QED) is 0.695. The predicted octanol–water partition coefficient (Wildman–Crippen LogP) is 4.43. The van der Waals surface area contributed by atoms with E-state index in [9.17, 15) is 13.2 Å². The second-order valence-corrected chi connectivity index (χ2v) is 6.53. The van der Waals surface area contributed by atoms with E-state index in [0.29, 0.717) is 15.7 Å². The third-order valence-corrected chi connectivity index (χ3v) is 4.21. The van der Waals surface area contributed by atoms with Gasteiger partial charge in [0.05, 0.1) is 16.4 Å². The van der Waals surface area contributed by atoms with Crippen LogP contribution in [0.2, 0.25) is 5.02 Å². The summed E-state index contributed by atoms with van der Waals surface area (Å²) < 4.78 is 40.3. The molecule has 3 aromatic rings. The summed E-state index contributed by atoms with van der Waals surface area (Å²) in [5, 5.41) is 0.365. The summed E-state index contributed by atoms with van der Waals surface area (Å²) in [5.41, 5.74) is -0.937. The van der Waals surface area contributed by atoms with E-state index < -0.39 is 11.9 Å². The highest BCUT2D eigenvalue weighted by Gasteiger charge is 2.35. The van der Waals surface area contributed by atoms with Crippen LogP contribution in [-0.4, -0.2) is 19.5 Å². The molecule has 0 saturated carbocycles. The molecule has 3 rings (SSSR count). The highest BCUT2D eigenvalue weighted by atomic mass is 35.5. The van der Waals surface area contributed by atoms with Gasteiger partial charge in [-0.25, -0.2) is 15.0 Å². The largest absolute Gasteiger partial charge is 0.434 e. The van der Waals surface area contributed by atoms with Gasteiger partial charge in [0, 0.05) is 23.5 Å². The highest BCUT2D eigenvalue weighted by Crippen LogP contribution is 2.33. The Morgan fingerprint density at radius 1 is 1.22 bits per heavy atom. The summed E-state index contributed by atoms with van der Waals surface area (Å²) in [7, 11) is 0. The molecule has 3 heterocycles. The van der Waals surface area contributed by atoms with Crippen LogP contribution in [0.25, 0.3) is 10.7 Å². The number of nitrogens with zero attached hydrogens (tertiary/aromatic N) is 4. The summed E-state index contributed by atoms with van der Waals surface area (Å²) in [4.78, 5) is 13.4. The second-order valence-electron chi connectivity index (χ2n) is 4.80. The van der Waals surface area contributed by atoms with Gasteiger partial charge >= 0.3 is 6.18 Å². The highest BCUT2D eigenvalue weighted by molar-refractivity contribution is 7.15. The van der Waals surface area contributed by atoms with E-state index >= 15 is 0 Å². The van der Waals surface area contributed by atoms with Gasteiger partial charge in [0.25, 0.3) is 0 Å². The van der Waals surface area contributed by atoms with Gasteiger partial charge in [0.2, 0.25) is 0 Å². The van der Waals surface area contributed by atoms with E-state index in [4.69, 9.17) is 11.6 Å². The van der Waals surface area contributed by atoms with E-state index in [1.807, 2.05) is 13.0 Å². The van der Waals surface area contributed by atoms with Gasteiger partial charge in [-0.2, -0.15) is 13.2 Å². The fourth-order valence-electron chi connectivity index (χ4n) is 2.00. The molecule has 0 unspecified atom stereocenters. The van der Waals surface area contributed by atoms with Gasteiger partial charge in [0.15, 0.2) is 11.5 Å². The lowest BCUT2D eigenvalue weighted by molar-refractivity contribution is -0.140. The molecule has 0 bridgehead atoms. The summed E-state index contributed by atoms with van der Waals surface area (Å²) in [6, 6.07) is 3.59. The van der Waals surface area contributed by atoms with E-state index in [2.05, 4.69) is 15.0 Å². The van der Waals surface area contributed by atoms with E-state index in [1.54, 1.807) is 6.07 Å². The zero-order chi connectivity index (χ0) is 16.6. The molecule has 9 heteroatoms. The number of alkyl halides is 3. The number of imidazole rings is 1. The number of halogens is 4. The normalized spacial score (nSPS) is 11.9. The first-order valence-corrected chi connectivity index (χ1v) is 7.70. The van der Waals surface area contributed by atoms with Gasteiger partial charge < -0.3 is 4.57 Å². The zero-order valence-corrected chi connectivity index (χ0v) is 13.4. The van der Waals surface area contributed by atoms with Crippen molar-refractivity contribution >= 4 is 22.9 Å². The first-order chi connectivity index (χ1) is 10.8. The van der Waals surface area contributed by atoms with Crippen LogP contribution in [0.3, 0.4) is 0 Å². The monoisotopic (exact) mass is 358 g/mol. The summed E-state index contributed by atoms with van der Waals surface area (Å²) in [6.45, 7) is 1.96. The van der Waals surface area contributed by atoms with Crippen LogP contribution < -0.4 is 0 Å². The van der Waals surface area contributed by atoms with Crippen LogP contribution >= 0.6 is 22.9 Å². The first kappa shape index (κ1) is 15.9. The molecule has 4 nitrogen and oxygen atoms in total. The number of thiophene rings is 1. The van der Waals surface area contributed by atoms with Gasteiger partial charge in [0.1, 0.15) is 5.82 Å². The number of rotatable bonds is 3. The minimum absolute atomic E-state index is 0.0759. The van der Waals surface area contributed by atoms with Crippen LogP contribution in [0.5, 0.6) is 0 Å². The predicted molar refractivity (Wildman–Crippen MR) is 81.4 cm³/mol. The lowest BCUT2D eigenvalue weighted by atomic mass is 10.4. The standard InChI is InChI=1S/C14H10ClF3N4S/c1-8-2-3-10(23-8)13-21-11(14(16,17)18)6-22(13)7-12-19-4-9(15)5-20-12/h2-6H,7H2,1H3. The molecule has 0 N–H and O–H groups in total. The minimum Gasteiger partial charge on any atom is -0.322 e. The minimum atomic E-state index is -4.51. The Bertz CT molecular complexity index is 823. The van der Waals surface area contributed by atoms with Crippen LogP contribution in [0.15, 0.2) is 30.7 Å². The Labute approximate surface area is 138 Å². The Morgan fingerprint density at radius 3 is 2.48 bits per heavy atom. The summed E-state index contributed by atoms with van der Waals surface area (Å²) in [6.07, 6.45) is -0.726. The smallest absolute Gasteiger partial charge is 0.322 e. The first-order valence-electron chi connectivity index (χ1n) is 6.50. The zero-order valence-electron chi connectivity index (χ0n) is 11.8. The molecular formula is C14H10ClF3N4S. The molecule has 0 aromatic carbocycles. The van der Waals surface area contributed by atoms with Crippen molar-refractivity contribution in [1.82, 2.24) is 19.5 Å². The van der Waals surface area contributed by atoms with Crippen LogP contribution in [0.1, 0.15) is 16.4 Å². The number of aryl methyl sites for hydroxylation is 1. The summed E-state index contributed by atoms with van der Waals surface area (Å²) in [5.74, 6) is 0.601. The Hall–Kier alpha value is -1.93. The van der Waals surface area contributed by atoms with Crippen molar-refractivity contribution in [2.45, 2.75) is 19.6 Å². The molecule has 0 spiro atoms.